The van der Waals surface area contributed by atoms with Crippen LogP contribution in [-0.2, 0) is 17.7 Å². The van der Waals surface area contributed by atoms with E-state index in [2.05, 4.69) is 36.5 Å². The molecule has 4 heteroatoms. The highest BCUT2D eigenvalue weighted by molar-refractivity contribution is 7.09. The Kier molecular flexibility index (Phi) is 3.62. The molecule has 1 aromatic heterocycles. The van der Waals surface area contributed by atoms with Crippen molar-refractivity contribution in [1.29, 1.82) is 0 Å². The molecule has 16 heavy (non-hydrogen) atoms. The molecule has 0 saturated carbocycles. The fraction of sp³-hybridized carbons (Fsp3) is 0.750. The molecular formula is C12H20N2OS. The number of aromatic nitrogens is 1. The highest BCUT2D eigenvalue weighted by Gasteiger charge is 2.36. The van der Waals surface area contributed by atoms with E-state index in [0.29, 0.717) is 0 Å². The van der Waals surface area contributed by atoms with Gasteiger partial charge in [-0.25, -0.2) is 4.98 Å². The molecule has 1 aliphatic heterocycles. The standard InChI is InChI=1S/C12H20N2OS/c1-4-11-14-10(8-16-11)7-13-12(3)5-6-15-9(12)2/h8-9,13H,4-7H2,1-3H3. The minimum absolute atomic E-state index is 0.107. The fourth-order valence-corrected chi connectivity index (χ4v) is 2.70. The second kappa shape index (κ2) is 4.82. The van der Waals surface area contributed by atoms with E-state index in [9.17, 15) is 0 Å². The molecule has 90 valence electrons. The molecule has 0 aliphatic carbocycles. The Bertz CT molecular complexity index is 353. The summed E-state index contributed by atoms with van der Waals surface area (Å²) in [5.74, 6) is 0. The van der Waals surface area contributed by atoms with Crippen LogP contribution in [0.15, 0.2) is 5.38 Å². The summed E-state index contributed by atoms with van der Waals surface area (Å²) in [4.78, 5) is 4.56. The van der Waals surface area contributed by atoms with Crippen LogP contribution in [-0.4, -0.2) is 23.2 Å². The van der Waals surface area contributed by atoms with Gasteiger partial charge in [-0.1, -0.05) is 6.92 Å². The zero-order valence-corrected chi connectivity index (χ0v) is 11.1. The SMILES string of the molecule is CCc1nc(CNC2(C)CCOC2C)cs1. The Hall–Kier alpha value is -0.450. The van der Waals surface area contributed by atoms with E-state index in [4.69, 9.17) is 4.74 Å². The highest BCUT2D eigenvalue weighted by atomic mass is 32.1. The molecule has 2 unspecified atom stereocenters. The van der Waals surface area contributed by atoms with E-state index in [1.54, 1.807) is 11.3 Å². The van der Waals surface area contributed by atoms with E-state index < -0.39 is 0 Å². The number of aryl methyl sites for hydroxylation is 1. The van der Waals surface area contributed by atoms with Gasteiger partial charge < -0.3 is 10.1 Å². The second-order valence-electron chi connectivity index (χ2n) is 4.62. The number of hydrogen-bond acceptors (Lipinski definition) is 4. The molecule has 1 aromatic rings. The third-order valence-electron chi connectivity index (χ3n) is 3.46. The van der Waals surface area contributed by atoms with Crippen LogP contribution in [0.5, 0.6) is 0 Å². The fourth-order valence-electron chi connectivity index (χ4n) is 1.95. The molecule has 3 nitrogen and oxygen atoms in total. The number of nitrogens with zero attached hydrogens (tertiary/aromatic N) is 1. The van der Waals surface area contributed by atoms with Crippen molar-refractivity contribution >= 4 is 11.3 Å². The summed E-state index contributed by atoms with van der Waals surface area (Å²) in [5, 5.41) is 6.95. The number of hydrogen-bond donors (Lipinski definition) is 1. The maximum atomic E-state index is 5.60. The molecule has 2 atom stereocenters. The van der Waals surface area contributed by atoms with Gasteiger partial charge in [-0.05, 0) is 26.7 Å². The van der Waals surface area contributed by atoms with Gasteiger partial charge in [0, 0.05) is 24.1 Å². The highest BCUT2D eigenvalue weighted by Crippen LogP contribution is 2.25. The molecule has 0 aromatic carbocycles. The zero-order chi connectivity index (χ0) is 11.6. The number of thiazole rings is 1. The summed E-state index contributed by atoms with van der Waals surface area (Å²) >= 11 is 1.75. The van der Waals surface area contributed by atoms with Crippen LogP contribution < -0.4 is 5.32 Å². The molecule has 0 bridgehead atoms. The first-order valence-corrected chi connectivity index (χ1v) is 6.82. The molecule has 1 N–H and O–H groups in total. The van der Waals surface area contributed by atoms with Crippen LogP contribution in [0.3, 0.4) is 0 Å². The van der Waals surface area contributed by atoms with Crippen molar-refractivity contribution in [3.05, 3.63) is 16.1 Å². The third-order valence-corrected chi connectivity index (χ3v) is 4.50. The van der Waals surface area contributed by atoms with Gasteiger partial charge in [0.2, 0.25) is 0 Å². The average molecular weight is 240 g/mol. The monoisotopic (exact) mass is 240 g/mol. The van der Waals surface area contributed by atoms with Crippen molar-refractivity contribution in [3.8, 4) is 0 Å². The minimum Gasteiger partial charge on any atom is -0.377 e. The summed E-state index contributed by atoms with van der Waals surface area (Å²) in [6.45, 7) is 8.23. The van der Waals surface area contributed by atoms with E-state index in [1.165, 1.54) is 5.01 Å². The third kappa shape index (κ3) is 2.44. The van der Waals surface area contributed by atoms with Crippen LogP contribution in [0.1, 0.15) is 37.9 Å². The minimum atomic E-state index is 0.107. The first kappa shape index (κ1) is 12.0. The number of rotatable bonds is 4. The smallest absolute Gasteiger partial charge is 0.0926 e. The first-order valence-electron chi connectivity index (χ1n) is 5.94. The summed E-state index contributed by atoms with van der Waals surface area (Å²) < 4.78 is 5.60. The molecule has 0 spiro atoms. The predicted molar refractivity (Wildman–Crippen MR) is 66.8 cm³/mol. The van der Waals surface area contributed by atoms with Crippen LogP contribution in [0, 0.1) is 0 Å². The van der Waals surface area contributed by atoms with Crippen LogP contribution in [0.25, 0.3) is 0 Å². The summed E-state index contributed by atoms with van der Waals surface area (Å²) in [7, 11) is 0. The van der Waals surface area contributed by atoms with Gasteiger partial charge in [0.15, 0.2) is 0 Å². The molecule has 1 fully saturated rings. The Morgan fingerprint density at radius 3 is 3.06 bits per heavy atom. The van der Waals surface area contributed by atoms with Crippen molar-refractivity contribution in [2.45, 2.75) is 51.8 Å². The number of ether oxygens (including phenoxy) is 1. The van der Waals surface area contributed by atoms with E-state index in [-0.39, 0.29) is 11.6 Å². The molecule has 1 saturated heterocycles. The van der Waals surface area contributed by atoms with E-state index in [1.807, 2.05) is 0 Å². The normalized spacial score (nSPS) is 29.8. The Morgan fingerprint density at radius 1 is 1.69 bits per heavy atom. The molecule has 1 aliphatic rings. The van der Waals surface area contributed by atoms with Gasteiger partial charge in [-0.15, -0.1) is 11.3 Å². The van der Waals surface area contributed by atoms with Gasteiger partial charge in [-0.3, -0.25) is 0 Å². The summed E-state index contributed by atoms with van der Waals surface area (Å²) in [5.41, 5.74) is 1.26. The Labute approximate surface area is 101 Å². The second-order valence-corrected chi connectivity index (χ2v) is 5.56. The lowest BCUT2D eigenvalue weighted by molar-refractivity contribution is 0.0880. The van der Waals surface area contributed by atoms with E-state index >= 15 is 0 Å². The summed E-state index contributed by atoms with van der Waals surface area (Å²) in [6.07, 6.45) is 2.40. The van der Waals surface area contributed by atoms with Crippen molar-refractivity contribution in [1.82, 2.24) is 10.3 Å². The number of nitrogens with one attached hydrogen (secondary N) is 1. The maximum Gasteiger partial charge on any atom is 0.0926 e. The lowest BCUT2D eigenvalue weighted by Crippen LogP contribution is -2.47. The Balaban J connectivity index is 1.91. The first-order chi connectivity index (χ1) is 7.64. The predicted octanol–water partition coefficient (Wildman–Crippen LogP) is 2.36. The molecule has 2 heterocycles. The van der Waals surface area contributed by atoms with Crippen LogP contribution in [0.2, 0.25) is 0 Å². The average Bonchev–Trinajstić information content (AvgIpc) is 2.85. The molecule has 0 amide bonds. The lowest BCUT2D eigenvalue weighted by atomic mass is 9.95. The van der Waals surface area contributed by atoms with Gasteiger partial charge in [0.25, 0.3) is 0 Å². The van der Waals surface area contributed by atoms with Gasteiger partial charge in [0.1, 0.15) is 0 Å². The van der Waals surface area contributed by atoms with E-state index in [0.717, 1.165) is 31.7 Å². The summed E-state index contributed by atoms with van der Waals surface area (Å²) in [6, 6.07) is 0. The topological polar surface area (TPSA) is 34.2 Å². The van der Waals surface area contributed by atoms with Crippen LogP contribution in [0.4, 0.5) is 0 Å². The van der Waals surface area contributed by atoms with Crippen LogP contribution >= 0.6 is 11.3 Å². The Morgan fingerprint density at radius 2 is 2.50 bits per heavy atom. The molecule has 0 radical (unpaired) electrons. The largest absolute Gasteiger partial charge is 0.377 e. The molecule has 2 rings (SSSR count). The lowest BCUT2D eigenvalue weighted by Gasteiger charge is -2.28. The van der Waals surface area contributed by atoms with Crippen molar-refractivity contribution in [2.24, 2.45) is 0 Å². The van der Waals surface area contributed by atoms with Gasteiger partial charge in [0.05, 0.1) is 16.8 Å². The zero-order valence-electron chi connectivity index (χ0n) is 10.2. The van der Waals surface area contributed by atoms with Crippen molar-refractivity contribution in [3.63, 3.8) is 0 Å². The maximum absolute atomic E-state index is 5.60. The van der Waals surface area contributed by atoms with Crippen molar-refractivity contribution in [2.75, 3.05) is 6.61 Å². The molecular weight excluding hydrogens is 220 g/mol. The van der Waals surface area contributed by atoms with Gasteiger partial charge in [-0.2, -0.15) is 0 Å². The van der Waals surface area contributed by atoms with Crippen molar-refractivity contribution < 1.29 is 4.74 Å². The van der Waals surface area contributed by atoms with Gasteiger partial charge >= 0.3 is 0 Å². The quantitative estimate of drug-likeness (QED) is 0.877.